The number of rotatable bonds is 6. The van der Waals surface area contributed by atoms with Crippen LogP contribution in [0.2, 0.25) is 0 Å². The standard InChI is InChI=1S/C42H51N5O9S/c1-5-27-21-42(27,38(50)46-57(52,53)30-14-15-30)45-35(48)33-20-29-22-47(33)37(49)34(40(2,3)4)44-39(51)55-24-41(16-9-17-41)23-54-28-12-8-11-25(18-28)31-19-26-10-6-7-13-32(26)43-36(31)56-29/h6-8,10-13,18-19,27,29-30,33-34H,5,9,14-17,20-24H2,1-4H3,(H,44,51)(H,45,48)(H,46,50)/t27-,29?,33+,34-,42?/m1/s1. The van der Waals surface area contributed by atoms with Crippen LogP contribution in [-0.2, 0) is 29.1 Å². The molecular weight excluding hydrogens is 751 g/mol. The summed E-state index contributed by atoms with van der Waals surface area (Å²) in [5, 5.41) is 5.98. The van der Waals surface area contributed by atoms with Crippen LogP contribution in [0.3, 0.4) is 0 Å². The molecule has 1 saturated heterocycles. The van der Waals surface area contributed by atoms with E-state index < -0.39 is 68.2 Å². The zero-order chi connectivity index (χ0) is 40.3. The number of benzene rings is 2. The molecule has 2 aromatic carbocycles. The minimum Gasteiger partial charge on any atom is -0.493 e. The first-order chi connectivity index (χ1) is 27.1. The lowest BCUT2D eigenvalue weighted by atomic mass is 9.70. The van der Waals surface area contributed by atoms with E-state index in [2.05, 4.69) is 15.4 Å². The number of hydrogen-bond acceptors (Lipinski definition) is 10. The number of nitrogens with one attached hydrogen (secondary N) is 3. The average Bonchev–Trinajstić information content (AvgIpc) is 4.09. The number of nitrogens with zero attached hydrogens (tertiary/aromatic N) is 2. The number of alkyl carbamates (subject to hydrolysis) is 1. The van der Waals surface area contributed by atoms with Crippen molar-refractivity contribution >= 4 is 44.7 Å². The molecule has 1 spiro atoms. The predicted molar refractivity (Wildman–Crippen MR) is 211 cm³/mol. The zero-order valence-electron chi connectivity index (χ0n) is 32.8. The fourth-order valence-corrected chi connectivity index (χ4v) is 9.78. The summed E-state index contributed by atoms with van der Waals surface area (Å²) in [5.74, 6) is -1.26. The van der Waals surface area contributed by atoms with E-state index in [0.717, 1.165) is 30.2 Å². The van der Waals surface area contributed by atoms with Gasteiger partial charge in [0, 0.05) is 22.8 Å². The Balaban J connectivity index is 1.16. The van der Waals surface area contributed by atoms with Crippen LogP contribution in [-0.4, -0.2) is 90.9 Å². The number of sulfonamides is 1. The number of para-hydroxylation sites is 1. The number of hydrogen-bond donors (Lipinski definition) is 3. The summed E-state index contributed by atoms with van der Waals surface area (Å²) < 4.78 is 46.7. The number of carbonyl (C=O) groups is 4. The third kappa shape index (κ3) is 7.74. The molecule has 1 aromatic heterocycles. The Bertz CT molecular complexity index is 2220. The molecule has 3 aromatic rings. The SMILES string of the molecule is CC[C@@H]1CC1(NC(=O)[C@@H]1CC2CN1C(=O)[C@H](C(C)(C)C)NC(=O)OCC1(CCC1)COc1cccc(c1)-c1cc3ccccc3nc1O2)C(=O)NS(=O)(=O)C1CC1. The van der Waals surface area contributed by atoms with Gasteiger partial charge in [0.1, 0.15) is 36.1 Å². The van der Waals surface area contributed by atoms with Gasteiger partial charge in [-0.2, -0.15) is 0 Å². The Labute approximate surface area is 332 Å². The predicted octanol–water partition coefficient (Wildman–Crippen LogP) is 4.85. The van der Waals surface area contributed by atoms with Crippen LogP contribution < -0.4 is 24.8 Å². The summed E-state index contributed by atoms with van der Waals surface area (Å²) >= 11 is 0. The third-order valence-corrected chi connectivity index (χ3v) is 14.2. The lowest BCUT2D eigenvalue weighted by Gasteiger charge is -2.41. The van der Waals surface area contributed by atoms with Crippen LogP contribution in [0.25, 0.3) is 22.0 Å². The number of ether oxygens (including phenoxy) is 3. The van der Waals surface area contributed by atoms with Gasteiger partial charge in [-0.15, -0.1) is 0 Å². The molecule has 4 amide bonds. The van der Waals surface area contributed by atoms with Gasteiger partial charge in [0.15, 0.2) is 0 Å². The van der Waals surface area contributed by atoms with Crippen molar-refractivity contribution in [2.75, 3.05) is 19.8 Å². The molecule has 4 bridgehead atoms. The van der Waals surface area contributed by atoms with Crippen LogP contribution >= 0.6 is 0 Å². The maximum Gasteiger partial charge on any atom is 0.407 e. The Hall–Kier alpha value is -4.92. The molecule has 5 aliphatic rings. The number of cyclic esters (lactones) is 1. The fourth-order valence-electron chi connectivity index (χ4n) is 8.41. The monoisotopic (exact) mass is 801 g/mol. The molecule has 2 unspecified atom stereocenters. The molecule has 15 heteroatoms. The summed E-state index contributed by atoms with van der Waals surface area (Å²) in [6, 6.07) is 15.1. The Morgan fingerprint density at radius 3 is 2.46 bits per heavy atom. The van der Waals surface area contributed by atoms with E-state index in [4.69, 9.17) is 19.2 Å². The van der Waals surface area contributed by atoms with E-state index in [1.54, 1.807) is 0 Å². The molecule has 0 radical (unpaired) electrons. The van der Waals surface area contributed by atoms with Gasteiger partial charge in [0.25, 0.3) is 5.91 Å². The van der Waals surface area contributed by atoms with Crippen molar-refractivity contribution in [1.29, 1.82) is 0 Å². The molecular formula is C42H51N5O9S. The van der Waals surface area contributed by atoms with Crippen LogP contribution in [0.5, 0.6) is 11.6 Å². The minimum atomic E-state index is -3.88. The smallest absolute Gasteiger partial charge is 0.407 e. The van der Waals surface area contributed by atoms with Crippen molar-refractivity contribution < 1.29 is 41.8 Å². The summed E-state index contributed by atoms with van der Waals surface area (Å²) in [5.41, 5.74) is -0.459. The van der Waals surface area contributed by atoms with Crippen LogP contribution in [0, 0.1) is 16.7 Å². The molecule has 304 valence electrons. The van der Waals surface area contributed by atoms with Crippen molar-refractivity contribution in [3.8, 4) is 22.8 Å². The molecule has 5 atom stereocenters. The summed E-state index contributed by atoms with van der Waals surface area (Å²) in [7, 11) is -3.88. The zero-order valence-corrected chi connectivity index (χ0v) is 33.7. The highest BCUT2D eigenvalue weighted by atomic mass is 32.2. The second kappa shape index (κ2) is 14.5. The fraction of sp³-hybridized carbons (Fsp3) is 0.548. The lowest BCUT2D eigenvalue weighted by molar-refractivity contribution is -0.143. The second-order valence-corrected chi connectivity index (χ2v) is 19.6. The molecule has 2 aliphatic heterocycles. The van der Waals surface area contributed by atoms with Gasteiger partial charge >= 0.3 is 6.09 Å². The van der Waals surface area contributed by atoms with Gasteiger partial charge in [-0.3, -0.25) is 19.1 Å². The Morgan fingerprint density at radius 2 is 1.77 bits per heavy atom. The normalized spacial score (nSPS) is 27.3. The molecule has 3 aliphatic carbocycles. The second-order valence-electron chi connectivity index (χ2n) is 17.7. The maximum absolute atomic E-state index is 14.8. The van der Waals surface area contributed by atoms with E-state index in [1.165, 1.54) is 4.90 Å². The van der Waals surface area contributed by atoms with E-state index in [-0.39, 0.29) is 37.3 Å². The number of carbonyl (C=O) groups excluding carboxylic acids is 4. The largest absolute Gasteiger partial charge is 0.493 e. The summed E-state index contributed by atoms with van der Waals surface area (Å²) in [6.45, 7) is 7.73. The van der Waals surface area contributed by atoms with Crippen LogP contribution in [0.1, 0.15) is 79.1 Å². The van der Waals surface area contributed by atoms with Gasteiger partial charge in [0.05, 0.1) is 23.9 Å². The first-order valence-electron chi connectivity index (χ1n) is 20.0. The summed E-state index contributed by atoms with van der Waals surface area (Å²) in [4.78, 5) is 62.7. The van der Waals surface area contributed by atoms with E-state index >= 15 is 0 Å². The molecule has 8 rings (SSSR count). The average molecular weight is 802 g/mol. The highest BCUT2D eigenvalue weighted by Gasteiger charge is 2.62. The first kappa shape index (κ1) is 38.9. The molecule has 57 heavy (non-hydrogen) atoms. The molecule has 14 nitrogen and oxygen atoms in total. The Kier molecular flexibility index (Phi) is 9.89. The quantitative estimate of drug-likeness (QED) is 0.312. The van der Waals surface area contributed by atoms with Crippen molar-refractivity contribution in [3.63, 3.8) is 0 Å². The van der Waals surface area contributed by atoms with Crippen LogP contribution in [0.4, 0.5) is 4.79 Å². The number of aromatic nitrogens is 1. The minimum absolute atomic E-state index is 0.0348. The van der Waals surface area contributed by atoms with Gasteiger partial charge in [-0.25, -0.2) is 18.2 Å². The number of pyridine rings is 1. The van der Waals surface area contributed by atoms with Crippen molar-refractivity contribution in [2.45, 2.75) is 108 Å². The topological polar surface area (TPSA) is 182 Å². The first-order valence-corrected chi connectivity index (χ1v) is 21.6. The van der Waals surface area contributed by atoms with E-state index in [0.29, 0.717) is 48.6 Å². The highest BCUT2D eigenvalue weighted by Crippen LogP contribution is 2.47. The number of amides is 4. The molecule has 3 N–H and O–H groups in total. The molecule has 4 fully saturated rings. The summed E-state index contributed by atoms with van der Waals surface area (Å²) in [6.07, 6.45) is 2.87. The van der Waals surface area contributed by atoms with Gasteiger partial charge in [0.2, 0.25) is 27.7 Å². The molecule has 3 saturated carbocycles. The Morgan fingerprint density at radius 1 is 1.02 bits per heavy atom. The van der Waals surface area contributed by atoms with Crippen molar-refractivity contribution in [3.05, 3.63) is 54.6 Å². The molecule has 3 heterocycles. The van der Waals surface area contributed by atoms with Crippen molar-refractivity contribution in [2.24, 2.45) is 16.7 Å². The third-order valence-electron chi connectivity index (χ3n) is 12.4. The van der Waals surface area contributed by atoms with Crippen LogP contribution in [0.15, 0.2) is 54.6 Å². The van der Waals surface area contributed by atoms with Gasteiger partial charge in [-0.1, -0.05) is 70.9 Å². The van der Waals surface area contributed by atoms with Gasteiger partial charge in [-0.05, 0) is 73.3 Å². The van der Waals surface area contributed by atoms with E-state index in [1.807, 2.05) is 82.3 Å². The number of fused-ring (bicyclic) bond motifs is 7. The van der Waals surface area contributed by atoms with Crippen molar-refractivity contribution in [1.82, 2.24) is 25.2 Å². The lowest BCUT2D eigenvalue weighted by Crippen LogP contribution is -2.60. The van der Waals surface area contributed by atoms with Gasteiger partial charge < -0.3 is 29.7 Å². The van der Waals surface area contributed by atoms with E-state index in [9.17, 15) is 27.6 Å². The highest BCUT2D eigenvalue weighted by molar-refractivity contribution is 7.91. The maximum atomic E-state index is 14.8.